The lowest BCUT2D eigenvalue weighted by Crippen LogP contribution is -2.36. The van der Waals surface area contributed by atoms with Gasteiger partial charge in [0.15, 0.2) is 0 Å². The Morgan fingerprint density at radius 1 is 1.35 bits per heavy atom. The zero-order chi connectivity index (χ0) is 13.3. The second kappa shape index (κ2) is 9.06. The topological polar surface area (TPSA) is 38.0 Å². The molecule has 0 heterocycles. The van der Waals surface area contributed by atoms with Gasteiger partial charge in [-0.05, 0) is 25.3 Å². The first-order valence-electron chi connectivity index (χ1n) is 6.52. The van der Waals surface area contributed by atoms with Crippen LogP contribution in [0.2, 0.25) is 0 Å². The van der Waals surface area contributed by atoms with E-state index in [-0.39, 0.29) is 6.17 Å². The van der Waals surface area contributed by atoms with Crippen molar-refractivity contribution in [3.8, 4) is 0 Å². The van der Waals surface area contributed by atoms with Gasteiger partial charge in [0.25, 0.3) is 0 Å². The molecule has 0 fully saturated rings. The van der Waals surface area contributed by atoms with E-state index in [1.54, 1.807) is 0 Å². The van der Waals surface area contributed by atoms with Crippen molar-refractivity contribution in [1.29, 1.82) is 0 Å². The minimum absolute atomic E-state index is 0.173. The maximum atomic E-state index is 5.92. The van der Waals surface area contributed by atoms with Crippen LogP contribution in [0.25, 0.3) is 0 Å². The van der Waals surface area contributed by atoms with E-state index in [4.69, 9.17) is 5.73 Å². The minimum Gasteiger partial charge on any atom is -0.370 e. The Bertz CT molecular complexity index is 266. The standard InChI is InChI=1S/C15H28N2/c1-6-7-8-9-13(4)14(5)17-15(16)11-10-12(2)3/h10-11,13,15,17H,2,5-9,16H2,1,3-4H3/b11-10+. The Labute approximate surface area is 107 Å². The largest absolute Gasteiger partial charge is 0.370 e. The number of rotatable bonds is 9. The summed E-state index contributed by atoms with van der Waals surface area (Å²) in [5.74, 6) is 0.478. The van der Waals surface area contributed by atoms with E-state index in [0.29, 0.717) is 5.92 Å². The molecule has 2 nitrogen and oxygen atoms in total. The smallest absolute Gasteiger partial charge is 0.0936 e. The summed E-state index contributed by atoms with van der Waals surface area (Å²) in [4.78, 5) is 0. The summed E-state index contributed by atoms with van der Waals surface area (Å²) in [7, 11) is 0. The predicted octanol–water partition coefficient (Wildman–Crippen LogP) is 3.72. The third-order valence-corrected chi connectivity index (χ3v) is 2.78. The van der Waals surface area contributed by atoms with Crippen LogP contribution in [0.4, 0.5) is 0 Å². The van der Waals surface area contributed by atoms with Gasteiger partial charge in [-0.3, -0.25) is 0 Å². The first-order chi connectivity index (χ1) is 7.97. The van der Waals surface area contributed by atoms with Gasteiger partial charge in [0.05, 0.1) is 6.17 Å². The van der Waals surface area contributed by atoms with Crippen LogP contribution in [-0.4, -0.2) is 6.17 Å². The molecule has 0 aromatic carbocycles. The molecule has 0 bridgehead atoms. The van der Waals surface area contributed by atoms with Gasteiger partial charge < -0.3 is 11.1 Å². The predicted molar refractivity (Wildman–Crippen MR) is 77.5 cm³/mol. The Morgan fingerprint density at radius 2 is 2.00 bits per heavy atom. The highest BCUT2D eigenvalue weighted by Crippen LogP contribution is 2.15. The number of nitrogens with two attached hydrogens (primary N) is 1. The fourth-order valence-electron chi connectivity index (χ4n) is 1.55. The maximum Gasteiger partial charge on any atom is 0.0936 e. The highest BCUT2D eigenvalue weighted by atomic mass is 15.0. The Morgan fingerprint density at radius 3 is 2.53 bits per heavy atom. The molecule has 0 rings (SSSR count). The molecular formula is C15H28N2. The third-order valence-electron chi connectivity index (χ3n) is 2.78. The van der Waals surface area contributed by atoms with E-state index in [1.165, 1.54) is 25.7 Å². The first-order valence-corrected chi connectivity index (χ1v) is 6.52. The summed E-state index contributed by atoms with van der Waals surface area (Å²) in [6.45, 7) is 14.2. The van der Waals surface area contributed by atoms with Gasteiger partial charge >= 0.3 is 0 Å². The monoisotopic (exact) mass is 236 g/mol. The second-order valence-electron chi connectivity index (χ2n) is 4.80. The molecule has 0 aromatic rings. The van der Waals surface area contributed by atoms with Crippen molar-refractivity contribution >= 4 is 0 Å². The number of hydrogen-bond acceptors (Lipinski definition) is 2. The van der Waals surface area contributed by atoms with Crippen molar-refractivity contribution in [2.24, 2.45) is 11.7 Å². The van der Waals surface area contributed by atoms with Crippen molar-refractivity contribution < 1.29 is 0 Å². The molecule has 2 atom stereocenters. The molecule has 98 valence electrons. The van der Waals surface area contributed by atoms with Gasteiger partial charge in [0.1, 0.15) is 0 Å². The lowest BCUT2D eigenvalue weighted by atomic mass is 10.0. The zero-order valence-corrected chi connectivity index (χ0v) is 11.6. The Balaban J connectivity index is 3.94. The maximum absolute atomic E-state index is 5.92. The molecular weight excluding hydrogens is 208 g/mol. The minimum atomic E-state index is -0.173. The Hall–Kier alpha value is -1.02. The van der Waals surface area contributed by atoms with Crippen LogP contribution in [-0.2, 0) is 0 Å². The van der Waals surface area contributed by atoms with E-state index in [1.807, 2.05) is 19.1 Å². The zero-order valence-electron chi connectivity index (χ0n) is 11.6. The van der Waals surface area contributed by atoms with E-state index in [2.05, 4.69) is 32.3 Å². The van der Waals surface area contributed by atoms with E-state index >= 15 is 0 Å². The molecule has 0 aromatic heterocycles. The molecule has 0 aliphatic carbocycles. The number of hydrogen-bond donors (Lipinski definition) is 2. The molecule has 0 saturated heterocycles. The van der Waals surface area contributed by atoms with Crippen LogP contribution in [0.5, 0.6) is 0 Å². The van der Waals surface area contributed by atoms with Crippen molar-refractivity contribution in [1.82, 2.24) is 5.32 Å². The highest BCUT2D eigenvalue weighted by Gasteiger charge is 2.07. The van der Waals surface area contributed by atoms with Gasteiger partial charge in [-0.1, -0.05) is 57.9 Å². The van der Waals surface area contributed by atoms with Crippen LogP contribution >= 0.6 is 0 Å². The van der Waals surface area contributed by atoms with E-state index in [0.717, 1.165) is 11.3 Å². The normalized spacial score (nSPS) is 14.6. The molecule has 2 heteroatoms. The second-order valence-corrected chi connectivity index (χ2v) is 4.80. The summed E-state index contributed by atoms with van der Waals surface area (Å²) >= 11 is 0. The molecule has 0 saturated carbocycles. The number of allylic oxidation sites excluding steroid dienone is 3. The van der Waals surface area contributed by atoms with Crippen molar-refractivity contribution in [2.45, 2.75) is 52.6 Å². The third kappa shape index (κ3) is 8.75. The summed E-state index contributed by atoms with van der Waals surface area (Å²) in [5, 5.41) is 3.22. The lowest BCUT2D eigenvalue weighted by molar-refractivity contribution is 0.509. The molecule has 3 N–H and O–H groups in total. The van der Waals surface area contributed by atoms with Crippen molar-refractivity contribution in [2.75, 3.05) is 0 Å². The van der Waals surface area contributed by atoms with Crippen LogP contribution < -0.4 is 11.1 Å². The fourth-order valence-corrected chi connectivity index (χ4v) is 1.55. The molecule has 0 spiro atoms. The quantitative estimate of drug-likeness (QED) is 0.364. The van der Waals surface area contributed by atoms with Crippen molar-refractivity contribution in [3.05, 3.63) is 36.6 Å². The van der Waals surface area contributed by atoms with Gasteiger partial charge in [0.2, 0.25) is 0 Å². The van der Waals surface area contributed by atoms with Crippen LogP contribution in [0.3, 0.4) is 0 Å². The number of unbranched alkanes of at least 4 members (excludes halogenated alkanes) is 2. The average molecular weight is 236 g/mol. The summed E-state index contributed by atoms with van der Waals surface area (Å²) in [5.41, 5.74) is 7.95. The first kappa shape index (κ1) is 16.0. The van der Waals surface area contributed by atoms with Gasteiger partial charge in [-0.2, -0.15) is 0 Å². The summed E-state index contributed by atoms with van der Waals surface area (Å²) in [6.07, 6.45) is 8.64. The van der Waals surface area contributed by atoms with Gasteiger partial charge in [-0.25, -0.2) is 0 Å². The summed E-state index contributed by atoms with van der Waals surface area (Å²) in [6, 6.07) is 0. The molecule has 0 radical (unpaired) electrons. The number of nitrogens with one attached hydrogen (secondary N) is 1. The lowest BCUT2D eigenvalue weighted by Gasteiger charge is -2.19. The fraction of sp³-hybridized carbons (Fsp3) is 0.600. The summed E-state index contributed by atoms with van der Waals surface area (Å²) < 4.78 is 0. The molecule has 0 aliphatic heterocycles. The molecule has 0 amide bonds. The van der Waals surface area contributed by atoms with Crippen LogP contribution in [0, 0.1) is 5.92 Å². The highest BCUT2D eigenvalue weighted by molar-refractivity contribution is 5.14. The van der Waals surface area contributed by atoms with Gasteiger partial charge in [0, 0.05) is 5.70 Å². The van der Waals surface area contributed by atoms with Crippen LogP contribution in [0.15, 0.2) is 36.6 Å². The molecule has 0 aliphatic rings. The molecule has 2 unspecified atom stereocenters. The average Bonchev–Trinajstić information content (AvgIpc) is 2.26. The van der Waals surface area contributed by atoms with Gasteiger partial charge in [-0.15, -0.1) is 0 Å². The van der Waals surface area contributed by atoms with Crippen LogP contribution in [0.1, 0.15) is 46.5 Å². The molecule has 17 heavy (non-hydrogen) atoms. The SMILES string of the molecule is C=C(C)/C=C/C(N)NC(=C)C(C)CCCCC. The van der Waals surface area contributed by atoms with E-state index in [9.17, 15) is 0 Å². The Kier molecular flexibility index (Phi) is 8.51. The van der Waals surface area contributed by atoms with Crippen molar-refractivity contribution in [3.63, 3.8) is 0 Å². The van der Waals surface area contributed by atoms with E-state index < -0.39 is 0 Å².